The first-order chi connectivity index (χ1) is 9.72. The molecule has 3 aromatic rings. The van der Waals surface area contributed by atoms with E-state index in [1.807, 2.05) is 31.2 Å². The maximum atomic E-state index is 12.0. The molecule has 0 saturated carbocycles. The molecule has 0 fully saturated rings. The number of carbonyl (C=O) groups excluding carboxylic acids is 1. The fourth-order valence-electron chi connectivity index (χ4n) is 1.72. The number of aromatic amines is 1. The minimum Gasteiger partial charge on any atom is -0.321 e. The van der Waals surface area contributed by atoms with Crippen molar-refractivity contribution in [3.63, 3.8) is 0 Å². The molecule has 0 radical (unpaired) electrons. The van der Waals surface area contributed by atoms with Crippen molar-refractivity contribution in [1.29, 1.82) is 0 Å². The van der Waals surface area contributed by atoms with Crippen molar-refractivity contribution in [2.75, 3.05) is 5.32 Å². The Hall–Kier alpha value is -2.54. The Labute approximate surface area is 118 Å². The van der Waals surface area contributed by atoms with Gasteiger partial charge in [-0.1, -0.05) is 0 Å². The van der Waals surface area contributed by atoms with Gasteiger partial charge in [0.1, 0.15) is 11.2 Å². The third-order valence-corrected chi connectivity index (χ3v) is 3.59. The molecule has 2 heterocycles. The number of H-pyrrole nitrogens is 1. The number of amides is 1. The molecule has 6 nitrogen and oxygen atoms in total. The topological polar surface area (TPSA) is 83.6 Å². The van der Waals surface area contributed by atoms with Crippen molar-refractivity contribution in [2.24, 2.45) is 0 Å². The summed E-state index contributed by atoms with van der Waals surface area (Å²) in [6.45, 7) is 1.87. The lowest BCUT2D eigenvalue weighted by Gasteiger charge is -2.04. The van der Waals surface area contributed by atoms with E-state index in [1.54, 1.807) is 6.20 Å². The van der Waals surface area contributed by atoms with Gasteiger partial charge in [-0.05, 0) is 31.2 Å². The van der Waals surface area contributed by atoms with E-state index in [1.165, 1.54) is 17.7 Å². The molecule has 0 aliphatic heterocycles. The van der Waals surface area contributed by atoms with Crippen molar-refractivity contribution in [1.82, 2.24) is 20.2 Å². The molecule has 0 aliphatic carbocycles. The quantitative estimate of drug-likeness (QED) is 0.774. The number of rotatable bonds is 3. The minimum atomic E-state index is -0.150. The third kappa shape index (κ3) is 2.57. The first-order valence-corrected chi connectivity index (χ1v) is 6.73. The summed E-state index contributed by atoms with van der Waals surface area (Å²) in [5.74, 6) is 0.545. The zero-order valence-corrected chi connectivity index (χ0v) is 11.4. The average Bonchev–Trinajstić information content (AvgIpc) is 3.10. The number of aryl methyl sites for hydroxylation is 1. The second-order valence-electron chi connectivity index (χ2n) is 4.11. The summed E-state index contributed by atoms with van der Waals surface area (Å²) in [4.78, 5) is 20.7. The van der Waals surface area contributed by atoms with E-state index >= 15 is 0 Å². The van der Waals surface area contributed by atoms with Crippen LogP contribution in [0.15, 0.2) is 36.8 Å². The van der Waals surface area contributed by atoms with Gasteiger partial charge in [0.25, 0.3) is 5.91 Å². The molecule has 1 aromatic carbocycles. The molecule has 0 saturated heterocycles. The molecule has 0 atom stereocenters. The monoisotopic (exact) mass is 285 g/mol. The Kier molecular flexibility index (Phi) is 3.26. The maximum absolute atomic E-state index is 12.0. The number of anilines is 1. The molecule has 20 heavy (non-hydrogen) atoms. The van der Waals surface area contributed by atoms with Crippen LogP contribution in [0.1, 0.15) is 14.7 Å². The van der Waals surface area contributed by atoms with Crippen LogP contribution in [0, 0.1) is 6.92 Å². The summed E-state index contributed by atoms with van der Waals surface area (Å²) in [5.41, 5.74) is 1.64. The summed E-state index contributed by atoms with van der Waals surface area (Å²) >= 11 is 1.37. The second-order valence-corrected chi connectivity index (χ2v) is 5.34. The zero-order chi connectivity index (χ0) is 13.9. The number of hydrogen-bond acceptors (Lipinski definition) is 5. The van der Waals surface area contributed by atoms with Crippen LogP contribution in [0.25, 0.3) is 11.4 Å². The van der Waals surface area contributed by atoms with Gasteiger partial charge in [-0.25, -0.2) is 9.97 Å². The Balaban J connectivity index is 1.74. The van der Waals surface area contributed by atoms with Gasteiger partial charge < -0.3 is 5.32 Å². The van der Waals surface area contributed by atoms with Crippen LogP contribution in [-0.4, -0.2) is 26.1 Å². The first kappa shape index (κ1) is 12.5. The normalized spacial score (nSPS) is 10.4. The molecule has 100 valence electrons. The van der Waals surface area contributed by atoms with Crippen LogP contribution in [0.3, 0.4) is 0 Å². The highest BCUT2D eigenvalue weighted by atomic mass is 32.1. The largest absolute Gasteiger partial charge is 0.321 e. The van der Waals surface area contributed by atoms with Crippen LogP contribution in [0.4, 0.5) is 5.69 Å². The molecular weight excluding hydrogens is 274 g/mol. The van der Waals surface area contributed by atoms with Crippen molar-refractivity contribution >= 4 is 22.9 Å². The number of benzene rings is 1. The lowest BCUT2D eigenvalue weighted by atomic mass is 10.2. The van der Waals surface area contributed by atoms with E-state index < -0.39 is 0 Å². The van der Waals surface area contributed by atoms with E-state index in [4.69, 9.17) is 0 Å². The van der Waals surface area contributed by atoms with Gasteiger partial charge in [-0.2, -0.15) is 5.10 Å². The van der Waals surface area contributed by atoms with Crippen molar-refractivity contribution in [2.45, 2.75) is 6.92 Å². The molecule has 0 unspecified atom stereocenters. The lowest BCUT2D eigenvalue weighted by Crippen LogP contribution is -2.09. The van der Waals surface area contributed by atoms with Gasteiger partial charge in [0.15, 0.2) is 5.82 Å². The van der Waals surface area contributed by atoms with Crippen LogP contribution in [-0.2, 0) is 0 Å². The predicted octanol–water partition coefficient (Wildman–Crippen LogP) is 2.49. The number of nitrogens with one attached hydrogen (secondary N) is 2. The van der Waals surface area contributed by atoms with Crippen LogP contribution in [0.2, 0.25) is 0 Å². The second kappa shape index (κ2) is 5.22. The van der Waals surface area contributed by atoms with Crippen LogP contribution >= 0.6 is 11.3 Å². The van der Waals surface area contributed by atoms with E-state index in [0.29, 0.717) is 10.7 Å². The maximum Gasteiger partial charge on any atom is 0.267 e. The smallest absolute Gasteiger partial charge is 0.267 e. The van der Waals surface area contributed by atoms with Gasteiger partial charge in [0.2, 0.25) is 0 Å². The molecule has 2 aromatic heterocycles. The van der Waals surface area contributed by atoms with Gasteiger partial charge >= 0.3 is 0 Å². The fourth-order valence-corrected chi connectivity index (χ4v) is 2.39. The number of nitrogens with zero attached hydrogens (tertiary/aromatic N) is 3. The number of hydrogen-bond donors (Lipinski definition) is 2. The molecule has 3 rings (SSSR count). The van der Waals surface area contributed by atoms with Gasteiger partial charge in [0, 0.05) is 11.3 Å². The predicted molar refractivity (Wildman–Crippen MR) is 76.6 cm³/mol. The highest BCUT2D eigenvalue weighted by Crippen LogP contribution is 2.19. The molecular formula is C13H11N5OS. The van der Waals surface area contributed by atoms with Crippen molar-refractivity contribution in [3.8, 4) is 11.4 Å². The Morgan fingerprint density at radius 3 is 2.65 bits per heavy atom. The summed E-state index contributed by atoms with van der Waals surface area (Å²) in [6.07, 6.45) is 3.04. The number of thiazole rings is 1. The zero-order valence-electron chi connectivity index (χ0n) is 10.6. The van der Waals surface area contributed by atoms with Gasteiger partial charge in [0.05, 0.1) is 11.2 Å². The Bertz CT molecular complexity index is 718. The number of carbonyl (C=O) groups is 1. The molecule has 1 amide bonds. The molecule has 7 heteroatoms. The van der Waals surface area contributed by atoms with Crippen molar-refractivity contribution in [3.05, 3.63) is 46.7 Å². The van der Waals surface area contributed by atoms with E-state index in [0.717, 1.165) is 16.3 Å². The third-order valence-electron chi connectivity index (χ3n) is 2.68. The van der Waals surface area contributed by atoms with Crippen molar-refractivity contribution < 1.29 is 4.79 Å². The highest BCUT2D eigenvalue weighted by Gasteiger charge is 2.09. The van der Waals surface area contributed by atoms with E-state index in [9.17, 15) is 4.79 Å². The van der Waals surface area contributed by atoms with Crippen LogP contribution < -0.4 is 5.32 Å². The molecule has 0 spiro atoms. The molecule has 0 bridgehead atoms. The summed E-state index contributed by atoms with van der Waals surface area (Å²) in [6, 6.07) is 7.38. The van der Waals surface area contributed by atoms with Crippen LogP contribution in [0.5, 0.6) is 0 Å². The minimum absolute atomic E-state index is 0.150. The van der Waals surface area contributed by atoms with Gasteiger partial charge in [-0.3, -0.25) is 9.89 Å². The summed E-state index contributed by atoms with van der Waals surface area (Å²) < 4.78 is 0. The van der Waals surface area contributed by atoms with E-state index in [2.05, 4.69) is 25.5 Å². The number of aromatic nitrogens is 4. The fraction of sp³-hybridized carbons (Fsp3) is 0.0769. The Morgan fingerprint density at radius 1 is 1.25 bits per heavy atom. The van der Waals surface area contributed by atoms with E-state index in [-0.39, 0.29) is 5.91 Å². The molecule has 0 aliphatic rings. The molecule has 2 N–H and O–H groups in total. The average molecular weight is 285 g/mol. The standard InChI is InChI=1S/C13H11N5OS/c1-8-14-6-11(20-8)13(19)17-10-4-2-9(3-5-10)12-15-7-16-18-12/h2-7H,1H3,(H,17,19)(H,15,16,18). The summed E-state index contributed by atoms with van der Waals surface area (Å²) in [5, 5.41) is 10.3. The van der Waals surface area contributed by atoms with Gasteiger partial charge in [-0.15, -0.1) is 11.3 Å². The first-order valence-electron chi connectivity index (χ1n) is 5.92. The Morgan fingerprint density at radius 2 is 2.05 bits per heavy atom. The lowest BCUT2D eigenvalue weighted by molar-refractivity contribution is 0.103. The highest BCUT2D eigenvalue weighted by molar-refractivity contribution is 7.13. The summed E-state index contributed by atoms with van der Waals surface area (Å²) in [7, 11) is 0. The SMILES string of the molecule is Cc1ncc(C(=O)Nc2ccc(-c3ncn[nH]3)cc2)s1.